The molecule has 6 nitrogen and oxygen atoms in total. The van der Waals surface area contributed by atoms with Crippen molar-refractivity contribution in [3.05, 3.63) is 113 Å². The highest BCUT2D eigenvalue weighted by atomic mass is 16.3. The van der Waals surface area contributed by atoms with E-state index in [2.05, 4.69) is 73.1 Å². The molecule has 0 aliphatic heterocycles. The summed E-state index contributed by atoms with van der Waals surface area (Å²) in [6.07, 6.45) is 1.67. The normalized spacial score (nSPS) is 13.9. The van der Waals surface area contributed by atoms with Gasteiger partial charge in [0.05, 0.1) is 24.1 Å². The zero-order valence-electron chi connectivity index (χ0n) is 25.0. The molecule has 0 aliphatic rings. The van der Waals surface area contributed by atoms with Gasteiger partial charge in [-0.15, -0.1) is 0 Å². The number of hydrogen-bond acceptors (Lipinski definition) is 4. The van der Waals surface area contributed by atoms with E-state index >= 15 is 0 Å². The monoisotopic (exact) mass is 562 g/mol. The van der Waals surface area contributed by atoms with Crippen molar-refractivity contribution >= 4 is 27.8 Å². The van der Waals surface area contributed by atoms with Gasteiger partial charge < -0.3 is 20.7 Å². The van der Waals surface area contributed by atoms with E-state index in [-0.39, 0.29) is 18.6 Å². The molecule has 2 unspecified atom stereocenters. The van der Waals surface area contributed by atoms with Crippen LogP contribution in [0.4, 0.5) is 0 Å². The molecule has 3 atom stereocenters. The molecule has 0 aliphatic carbocycles. The van der Waals surface area contributed by atoms with Gasteiger partial charge in [0.15, 0.2) is 0 Å². The quantitative estimate of drug-likeness (QED) is 0.170. The fourth-order valence-corrected chi connectivity index (χ4v) is 6.02. The van der Waals surface area contributed by atoms with Gasteiger partial charge in [0, 0.05) is 29.1 Å². The topological polar surface area (TPSA) is 93.2 Å². The molecular formula is C36H42N4O2. The fourth-order valence-electron chi connectivity index (χ4n) is 6.02. The minimum absolute atomic E-state index is 0.167. The summed E-state index contributed by atoms with van der Waals surface area (Å²) < 4.78 is 2.28. The molecule has 0 saturated heterocycles. The molecule has 0 radical (unpaired) electrons. The second-order valence-electron chi connectivity index (χ2n) is 11.9. The predicted molar refractivity (Wildman–Crippen MR) is 171 cm³/mol. The number of aryl methyl sites for hydroxylation is 2. The minimum Gasteiger partial charge on any atom is -0.394 e. The number of amides is 1. The Morgan fingerprint density at radius 1 is 0.929 bits per heavy atom. The average Bonchev–Trinajstić information content (AvgIpc) is 3.29. The molecule has 218 valence electrons. The number of nitrogens with zero attached hydrogens (tertiary/aromatic N) is 2. The predicted octanol–water partition coefficient (Wildman–Crippen LogP) is 6.55. The second-order valence-corrected chi connectivity index (χ2v) is 11.9. The van der Waals surface area contributed by atoms with Crippen LogP contribution < -0.4 is 11.1 Å². The molecule has 0 saturated carbocycles. The maximum absolute atomic E-state index is 13.8. The van der Waals surface area contributed by atoms with E-state index in [9.17, 15) is 9.90 Å². The number of hydrogen-bond donors (Lipinski definition) is 3. The number of nitrogens with one attached hydrogen (secondary N) is 1. The largest absolute Gasteiger partial charge is 0.394 e. The molecule has 2 aromatic heterocycles. The van der Waals surface area contributed by atoms with Crippen molar-refractivity contribution < 1.29 is 9.90 Å². The van der Waals surface area contributed by atoms with Crippen LogP contribution >= 0.6 is 0 Å². The maximum atomic E-state index is 13.8. The first-order valence-electron chi connectivity index (χ1n) is 14.9. The highest BCUT2D eigenvalue weighted by Crippen LogP contribution is 2.32. The number of carbonyl (C=O) groups excluding carboxylic acids is 1. The van der Waals surface area contributed by atoms with Gasteiger partial charge in [0.1, 0.15) is 5.65 Å². The van der Waals surface area contributed by atoms with Crippen molar-refractivity contribution in [3.8, 4) is 0 Å². The lowest BCUT2D eigenvalue weighted by atomic mass is 9.86. The number of aromatic nitrogens is 2. The standard InChI is InChI=1S/C36H42N4O2/c1-23(2)14-19-30(37)34(36(42)39-31(22-41)27-10-6-5-7-11-27)28-17-15-26(16-18-28)21-40-32-13-9-8-12-29(32)33-24(3)20-25(4)38-35(33)40/h5-13,15-18,20,23,30-31,34,41H,14,19,21-22,37H2,1-4H3,(H,39,42)/t30?,31-,34?/m0/s1. The van der Waals surface area contributed by atoms with E-state index in [1.165, 1.54) is 16.3 Å². The Kier molecular flexibility index (Phi) is 9.05. The summed E-state index contributed by atoms with van der Waals surface area (Å²) in [5.41, 5.74) is 14.0. The van der Waals surface area contributed by atoms with E-state index < -0.39 is 12.0 Å². The Morgan fingerprint density at radius 2 is 1.62 bits per heavy atom. The van der Waals surface area contributed by atoms with Crippen LogP contribution in [0.25, 0.3) is 21.9 Å². The number of carbonyl (C=O) groups is 1. The number of nitrogens with two attached hydrogens (primary N) is 1. The molecule has 0 bridgehead atoms. The molecule has 0 fully saturated rings. The summed E-state index contributed by atoms with van der Waals surface area (Å²) >= 11 is 0. The summed E-state index contributed by atoms with van der Waals surface area (Å²) in [5, 5.41) is 15.6. The summed E-state index contributed by atoms with van der Waals surface area (Å²) in [4.78, 5) is 18.7. The van der Waals surface area contributed by atoms with Crippen LogP contribution in [0.2, 0.25) is 0 Å². The Bertz CT molecular complexity index is 1660. The highest BCUT2D eigenvalue weighted by molar-refractivity contribution is 6.08. The van der Waals surface area contributed by atoms with E-state index in [4.69, 9.17) is 10.7 Å². The lowest BCUT2D eigenvalue weighted by Gasteiger charge is -2.27. The van der Waals surface area contributed by atoms with Crippen molar-refractivity contribution in [1.29, 1.82) is 0 Å². The molecule has 4 N–H and O–H groups in total. The van der Waals surface area contributed by atoms with Crippen LogP contribution in [-0.2, 0) is 11.3 Å². The molecule has 42 heavy (non-hydrogen) atoms. The zero-order chi connectivity index (χ0) is 29.8. The number of benzene rings is 3. The van der Waals surface area contributed by atoms with Crippen LogP contribution in [0.15, 0.2) is 84.9 Å². The third-order valence-corrected chi connectivity index (χ3v) is 8.21. The maximum Gasteiger partial charge on any atom is 0.229 e. The van der Waals surface area contributed by atoms with Crippen LogP contribution in [-0.4, -0.2) is 33.2 Å². The average molecular weight is 563 g/mol. The number of aliphatic hydroxyl groups is 1. The van der Waals surface area contributed by atoms with Gasteiger partial charge in [0.2, 0.25) is 5.91 Å². The SMILES string of the molecule is Cc1cc(C)c2c3ccccc3n(Cc3ccc(C(C(=O)N[C@@H](CO)c4ccccc4)C(N)CCC(C)C)cc3)c2n1. The zero-order valence-corrected chi connectivity index (χ0v) is 25.0. The molecule has 0 spiro atoms. The van der Waals surface area contributed by atoms with E-state index in [0.717, 1.165) is 46.4 Å². The van der Waals surface area contributed by atoms with Gasteiger partial charge in [-0.1, -0.05) is 86.6 Å². The van der Waals surface area contributed by atoms with Gasteiger partial charge in [-0.2, -0.15) is 0 Å². The number of aliphatic hydroxyl groups excluding tert-OH is 1. The first kappa shape index (κ1) is 29.5. The van der Waals surface area contributed by atoms with E-state index in [1.54, 1.807) is 0 Å². The minimum atomic E-state index is -0.532. The van der Waals surface area contributed by atoms with Gasteiger partial charge in [0.25, 0.3) is 0 Å². The molecule has 5 aromatic rings. The third-order valence-electron chi connectivity index (χ3n) is 8.21. The number of para-hydroxylation sites is 1. The lowest BCUT2D eigenvalue weighted by molar-refractivity contribution is -0.124. The Balaban J connectivity index is 1.45. The van der Waals surface area contributed by atoms with Crippen molar-refractivity contribution in [3.63, 3.8) is 0 Å². The van der Waals surface area contributed by atoms with Crippen molar-refractivity contribution in [2.75, 3.05) is 6.61 Å². The highest BCUT2D eigenvalue weighted by Gasteiger charge is 2.29. The van der Waals surface area contributed by atoms with Gasteiger partial charge in [-0.05, 0) is 67.0 Å². The molecule has 3 aromatic carbocycles. The number of rotatable bonds is 11. The fraction of sp³-hybridized carbons (Fsp3) is 0.333. The van der Waals surface area contributed by atoms with Crippen LogP contribution in [0, 0.1) is 19.8 Å². The molecule has 5 rings (SSSR count). The lowest BCUT2D eigenvalue weighted by Crippen LogP contribution is -2.42. The van der Waals surface area contributed by atoms with Gasteiger partial charge in [-0.3, -0.25) is 4.79 Å². The first-order valence-corrected chi connectivity index (χ1v) is 14.9. The summed E-state index contributed by atoms with van der Waals surface area (Å²) in [7, 11) is 0. The summed E-state index contributed by atoms with van der Waals surface area (Å²) in [6.45, 7) is 9.00. The van der Waals surface area contributed by atoms with Crippen LogP contribution in [0.3, 0.4) is 0 Å². The summed E-state index contributed by atoms with van der Waals surface area (Å²) in [5.74, 6) is -0.209. The Morgan fingerprint density at radius 3 is 2.31 bits per heavy atom. The summed E-state index contributed by atoms with van der Waals surface area (Å²) in [6, 6.07) is 27.6. The van der Waals surface area contributed by atoms with E-state index in [1.807, 2.05) is 49.4 Å². The van der Waals surface area contributed by atoms with Crippen molar-refractivity contribution in [1.82, 2.24) is 14.9 Å². The van der Waals surface area contributed by atoms with Crippen LogP contribution in [0.1, 0.15) is 66.6 Å². The third kappa shape index (κ3) is 6.25. The Hall–Kier alpha value is -4.00. The van der Waals surface area contributed by atoms with E-state index in [0.29, 0.717) is 12.5 Å². The molecule has 6 heteroatoms. The number of fused-ring (bicyclic) bond motifs is 3. The second kappa shape index (κ2) is 12.9. The molecule has 1 amide bonds. The van der Waals surface area contributed by atoms with Crippen LogP contribution in [0.5, 0.6) is 0 Å². The van der Waals surface area contributed by atoms with Crippen molar-refractivity contribution in [2.24, 2.45) is 11.7 Å². The first-order chi connectivity index (χ1) is 20.3. The number of pyridine rings is 1. The molecule has 2 heterocycles. The van der Waals surface area contributed by atoms with Crippen molar-refractivity contribution in [2.45, 2.75) is 65.1 Å². The smallest absolute Gasteiger partial charge is 0.229 e. The van der Waals surface area contributed by atoms with Gasteiger partial charge in [-0.25, -0.2) is 4.98 Å². The molecular weight excluding hydrogens is 520 g/mol. The van der Waals surface area contributed by atoms with Gasteiger partial charge >= 0.3 is 0 Å². The Labute approximate surface area is 248 Å².